The maximum Gasteiger partial charge on any atom is 0.307 e. The van der Waals surface area contributed by atoms with Crippen molar-refractivity contribution in [2.45, 2.75) is 45.1 Å². The number of ether oxygens (including phenoxy) is 1. The highest BCUT2D eigenvalue weighted by Crippen LogP contribution is 2.22. The van der Waals surface area contributed by atoms with E-state index in [0.29, 0.717) is 5.82 Å². The number of rotatable bonds is 10. The van der Waals surface area contributed by atoms with Crippen LogP contribution in [0.5, 0.6) is 0 Å². The van der Waals surface area contributed by atoms with E-state index in [1.807, 2.05) is 32.0 Å². The summed E-state index contributed by atoms with van der Waals surface area (Å²) in [6.07, 6.45) is 2.71. The summed E-state index contributed by atoms with van der Waals surface area (Å²) in [5.41, 5.74) is 2.77. The summed E-state index contributed by atoms with van der Waals surface area (Å²) >= 11 is 0. The van der Waals surface area contributed by atoms with Gasteiger partial charge in [0.1, 0.15) is 5.82 Å². The molecule has 0 aliphatic heterocycles. The molecule has 1 aromatic carbocycles. The number of benzene rings is 1. The number of carbonyl (C=O) groups is 2. The third-order valence-electron chi connectivity index (χ3n) is 4.61. The molecule has 0 fully saturated rings. The fourth-order valence-electron chi connectivity index (χ4n) is 2.81. The highest BCUT2D eigenvalue weighted by Gasteiger charge is 2.19. The van der Waals surface area contributed by atoms with Gasteiger partial charge in [-0.2, -0.15) is 0 Å². The molecular weight excluding hydrogens is 408 g/mol. The van der Waals surface area contributed by atoms with Crippen LogP contribution in [0, 0.1) is 6.92 Å². The third-order valence-corrected chi connectivity index (χ3v) is 5.94. The van der Waals surface area contributed by atoms with Gasteiger partial charge in [0.25, 0.3) is 15.9 Å². The highest BCUT2D eigenvalue weighted by atomic mass is 32.2. The fraction of sp³-hybridized carbons (Fsp3) is 0.450. The Kier molecular flexibility index (Phi) is 8.13. The monoisotopic (exact) mass is 436 g/mol. The van der Waals surface area contributed by atoms with E-state index in [-0.39, 0.29) is 18.0 Å². The van der Waals surface area contributed by atoms with Crippen molar-refractivity contribution in [2.75, 3.05) is 18.5 Å². The number of aromatic nitrogens is 2. The van der Waals surface area contributed by atoms with Gasteiger partial charge in [0.15, 0.2) is 11.6 Å². The Morgan fingerprint density at radius 2 is 1.80 bits per heavy atom. The van der Waals surface area contributed by atoms with Crippen LogP contribution in [0.15, 0.2) is 29.4 Å². The van der Waals surface area contributed by atoms with E-state index in [9.17, 15) is 18.0 Å². The SMILES string of the molecule is CCc1cccc(CC)c1NC(=O)COC(=O)CCNS(=O)(=O)c1cn(C)c(C)n1. The molecule has 2 aromatic rings. The summed E-state index contributed by atoms with van der Waals surface area (Å²) in [6, 6.07) is 5.83. The van der Waals surface area contributed by atoms with Gasteiger partial charge in [0.05, 0.1) is 6.42 Å². The predicted molar refractivity (Wildman–Crippen MR) is 113 cm³/mol. The average Bonchev–Trinajstić information content (AvgIpc) is 3.06. The van der Waals surface area contributed by atoms with Gasteiger partial charge in [-0.05, 0) is 30.9 Å². The van der Waals surface area contributed by atoms with Crippen LogP contribution in [0.1, 0.15) is 37.2 Å². The molecule has 0 saturated carbocycles. The van der Waals surface area contributed by atoms with Crippen LogP contribution in [0.25, 0.3) is 0 Å². The molecule has 1 amide bonds. The van der Waals surface area contributed by atoms with E-state index in [4.69, 9.17) is 4.74 Å². The summed E-state index contributed by atoms with van der Waals surface area (Å²) in [7, 11) is -2.13. The van der Waals surface area contributed by atoms with Crippen molar-refractivity contribution in [3.63, 3.8) is 0 Å². The molecule has 0 atom stereocenters. The van der Waals surface area contributed by atoms with Crippen LogP contribution in [0.3, 0.4) is 0 Å². The second-order valence-corrected chi connectivity index (χ2v) is 8.47. The van der Waals surface area contributed by atoms with Crippen LogP contribution < -0.4 is 10.0 Å². The maximum atomic E-state index is 12.2. The molecule has 0 unspecified atom stereocenters. The first-order valence-corrected chi connectivity index (χ1v) is 11.2. The quantitative estimate of drug-likeness (QED) is 0.547. The largest absolute Gasteiger partial charge is 0.456 e. The number of nitrogens with zero attached hydrogens (tertiary/aromatic N) is 2. The Morgan fingerprint density at radius 1 is 1.17 bits per heavy atom. The molecule has 2 rings (SSSR count). The first-order valence-electron chi connectivity index (χ1n) is 9.73. The summed E-state index contributed by atoms with van der Waals surface area (Å²) in [4.78, 5) is 28.0. The number of nitrogens with one attached hydrogen (secondary N) is 2. The number of carbonyl (C=O) groups excluding carboxylic acids is 2. The minimum absolute atomic E-state index is 0.114. The van der Waals surface area contributed by atoms with Crippen LogP contribution >= 0.6 is 0 Å². The van der Waals surface area contributed by atoms with Crippen LogP contribution in [0.2, 0.25) is 0 Å². The molecule has 0 bridgehead atoms. The maximum absolute atomic E-state index is 12.2. The number of esters is 1. The van der Waals surface area contributed by atoms with Gasteiger partial charge in [-0.1, -0.05) is 32.0 Å². The smallest absolute Gasteiger partial charge is 0.307 e. The molecule has 10 heteroatoms. The zero-order valence-electron chi connectivity index (χ0n) is 17.7. The van der Waals surface area contributed by atoms with Gasteiger partial charge >= 0.3 is 5.97 Å². The second kappa shape index (κ2) is 10.4. The third kappa shape index (κ3) is 6.14. The molecule has 0 aliphatic rings. The van der Waals surface area contributed by atoms with E-state index in [2.05, 4.69) is 15.0 Å². The predicted octanol–water partition coefficient (Wildman–Crippen LogP) is 1.70. The number of aryl methyl sites for hydroxylation is 4. The summed E-state index contributed by atoms with van der Waals surface area (Å²) in [6.45, 7) is 5.09. The van der Waals surface area contributed by atoms with Crippen LogP contribution in [-0.4, -0.2) is 43.0 Å². The van der Waals surface area contributed by atoms with E-state index in [0.717, 1.165) is 29.7 Å². The Morgan fingerprint density at radius 3 is 2.33 bits per heavy atom. The van der Waals surface area contributed by atoms with Crippen molar-refractivity contribution < 1.29 is 22.7 Å². The van der Waals surface area contributed by atoms with E-state index in [1.54, 1.807) is 18.5 Å². The molecule has 30 heavy (non-hydrogen) atoms. The number of hydrogen-bond acceptors (Lipinski definition) is 6. The number of anilines is 1. The molecule has 0 saturated heterocycles. The minimum Gasteiger partial charge on any atom is -0.456 e. The molecule has 164 valence electrons. The van der Waals surface area contributed by atoms with Gasteiger partial charge in [0.2, 0.25) is 0 Å². The standard InChI is InChI=1S/C20H28N4O5S/c1-5-15-8-7-9-16(6-2)20(15)23-17(25)13-29-19(26)10-11-21-30(27,28)18-12-24(4)14(3)22-18/h7-9,12,21H,5-6,10-11,13H2,1-4H3,(H,23,25). The first kappa shape index (κ1) is 23.6. The summed E-state index contributed by atoms with van der Waals surface area (Å²) in [5, 5.41) is 2.69. The van der Waals surface area contributed by atoms with Crippen molar-refractivity contribution in [2.24, 2.45) is 7.05 Å². The van der Waals surface area contributed by atoms with Gasteiger partial charge in [0, 0.05) is 25.5 Å². The lowest BCUT2D eigenvalue weighted by Crippen LogP contribution is -2.28. The number of imidazole rings is 1. The summed E-state index contributed by atoms with van der Waals surface area (Å²) in [5.74, 6) is -0.565. The van der Waals surface area contributed by atoms with Gasteiger partial charge < -0.3 is 14.6 Å². The van der Waals surface area contributed by atoms with E-state index in [1.165, 1.54) is 6.20 Å². The number of hydrogen-bond donors (Lipinski definition) is 2. The number of sulfonamides is 1. The number of para-hydroxylation sites is 1. The molecule has 1 aromatic heterocycles. The zero-order valence-corrected chi connectivity index (χ0v) is 18.5. The topological polar surface area (TPSA) is 119 Å². The lowest BCUT2D eigenvalue weighted by Gasteiger charge is -2.14. The molecule has 1 heterocycles. The normalized spacial score (nSPS) is 11.3. The Hall–Kier alpha value is -2.72. The molecule has 9 nitrogen and oxygen atoms in total. The van der Waals surface area contributed by atoms with E-state index >= 15 is 0 Å². The molecule has 0 aliphatic carbocycles. The van der Waals surface area contributed by atoms with Crippen molar-refractivity contribution in [3.8, 4) is 0 Å². The summed E-state index contributed by atoms with van der Waals surface area (Å²) < 4.78 is 33.2. The molecule has 0 radical (unpaired) electrons. The fourth-order valence-corrected chi connectivity index (χ4v) is 3.88. The molecule has 0 spiro atoms. The Labute approximate surface area is 176 Å². The lowest BCUT2D eigenvalue weighted by atomic mass is 10.0. The molecule has 2 N–H and O–H groups in total. The van der Waals surface area contributed by atoms with Crippen molar-refractivity contribution >= 4 is 27.6 Å². The number of amides is 1. The van der Waals surface area contributed by atoms with Gasteiger partial charge in [-0.3, -0.25) is 9.59 Å². The lowest BCUT2D eigenvalue weighted by molar-refractivity contribution is -0.147. The van der Waals surface area contributed by atoms with Crippen molar-refractivity contribution in [1.29, 1.82) is 0 Å². The van der Waals surface area contributed by atoms with Gasteiger partial charge in [-0.15, -0.1) is 0 Å². The zero-order chi connectivity index (χ0) is 22.3. The van der Waals surface area contributed by atoms with E-state index < -0.39 is 28.5 Å². The van der Waals surface area contributed by atoms with Crippen LogP contribution in [0.4, 0.5) is 5.69 Å². The van der Waals surface area contributed by atoms with Crippen LogP contribution in [-0.2, 0) is 44.2 Å². The van der Waals surface area contributed by atoms with Crippen molar-refractivity contribution in [1.82, 2.24) is 14.3 Å². The minimum atomic E-state index is -3.81. The highest BCUT2D eigenvalue weighted by molar-refractivity contribution is 7.89. The Bertz CT molecular complexity index is 972. The second-order valence-electron chi connectivity index (χ2n) is 6.75. The van der Waals surface area contributed by atoms with Gasteiger partial charge in [-0.25, -0.2) is 18.1 Å². The Balaban J connectivity index is 1.82. The average molecular weight is 437 g/mol. The molecular formula is C20H28N4O5S. The first-order chi connectivity index (χ1) is 14.2. The van der Waals surface area contributed by atoms with Crippen molar-refractivity contribution in [3.05, 3.63) is 41.3 Å².